The van der Waals surface area contributed by atoms with E-state index in [1.54, 1.807) is 12.1 Å². The van der Waals surface area contributed by atoms with Gasteiger partial charge < -0.3 is 19.9 Å². The molecule has 0 spiro atoms. The van der Waals surface area contributed by atoms with Gasteiger partial charge in [-0.05, 0) is 34.1 Å². The molecule has 132 valence electrons. The smallest absolute Gasteiger partial charge is 0.494 e. The van der Waals surface area contributed by atoms with E-state index in [1.165, 1.54) is 20.1 Å². The van der Waals surface area contributed by atoms with Gasteiger partial charge >= 0.3 is 6.16 Å². The molecule has 1 aromatic carbocycles. The maximum Gasteiger partial charge on any atom is 0.512 e. The number of carbonyl (C=O) groups is 2. The minimum atomic E-state index is -1.60. The Morgan fingerprint density at radius 3 is 2.52 bits per heavy atom. The van der Waals surface area contributed by atoms with Gasteiger partial charge in [-0.1, -0.05) is 23.2 Å². The van der Waals surface area contributed by atoms with Gasteiger partial charge in [0, 0.05) is 12.5 Å². The van der Waals surface area contributed by atoms with Crippen LogP contribution in [0.2, 0.25) is 10.0 Å². The monoisotopic (exact) mass is 448 g/mol. The number of halogens is 3. The fraction of sp³-hybridized carbons (Fsp3) is 0.133. The molecule has 0 aliphatic carbocycles. The number of hydrogen-bond donors (Lipinski definition) is 2. The van der Waals surface area contributed by atoms with Crippen molar-refractivity contribution >= 4 is 56.9 Å². The molecule has 25 heavy (non-hydrogen) atoms. The molecule has 0 fully saturated rings. The van der Waals surface area contributed by atoms with Crippen molar-refractivity contribution in [2.45, 2.75) is 6.92 Å². The average Bonchev–Trinajstić information content (AvgIpc) is 2.51. The fourth-order valence-corrected chi connectivity index (χ4v) is 3.12. The molecule has 0 saturated carbocycles. The van der Waals surface area contributed by atoms with Crippen molar-refractivity contribution in [1.29, 1.82) is 0 Å². The molecule has 2 rings (SSSR count). The van der Waals surface area contributed by atoms with Crippen LogP contribution in [-0.4, -0.2) is 29.3 Å². The van der Waals surface area contributed by atoms with Gasteiger partial charge in [0.15, 0.2) is 5.75 Å². The fourth-order valence-electron chi connectivity index (χ4n) is 1.99. The average molecular weight is 450 g/mol. The molecule has 0 aliphatic heterocycles. The van der Waals surface area contributed by atoms with Crippen LogP contribution in [0, 0.1) is 0 Å². The maximum atomic E-state index is 11.4. The Morgan fingerprint density at radius 1 is 1.28 bits per heavy atom. The number of benzene rings is 1. The summed E-state index contributed by atoms with van der Waals surface area (Å²) < 4.78 is 10.4. The number of pyridine rings is 1. The highest BCUT2D eigenvalue weighted by Gasteiger charge is 2.20. The van der Waals surface area contributed by atoms with E-state index in [0.29, 0.717) is 15.8 Å². The van der Waals surface area contributed by atoms with Crippen LogP contribution in [0.4, 0.5) is 10.5 Å². The summed E-state index contributed by atoms with van der Waals surface area (Å²) in [6.07, 6.45) is -1.60. The molecule has 2 aromatic rings. The molecule has 0 radical (unpaired) electrons. The molecular formula is C15H11BrCl2N2O5. The molecule has 1 heterocycles. The van der Waals surface area contributed by atoms with Crippen LogP contribution in [0.25, 0.3) is 11.3 Å². The van der Waals surface area contributed by atoms with Gasteiger partial charge in [-0.3, -0.25) is 4.79 Å². The first-order valence-electron chi connectivity index (χ1n) is 6.65. The van der Waals surface area contributed by atoms with Crippen LogP contribution in [0.15, 0.2) is 22.7 Å². The molecule has 1 amide bonds. The number of nitrogens with zero attached hydrogens (tertiary/aromatic N) is 1. The van der Waals surface area contributed by atoms with Crippen molar-refractivity contribution in [2.24, 2.45) is 0 Å². The van der Waals surface area contributed by atoms with E-state index in [4.69, 9.17) is 33.0 Å². The van der Waals surface area contributed by atoms with Gasteiger partial charge in [-0.25, -0.2) is 9.78 Å². The summed E-state index contributed by atoms with van der Waals surface area (Å²) in [6.45, 7) is 1.28. The number of carbonyl (C=O) groups excluding carboxylic acids is 1. The van der Waals surface area contributed by atoms with Crippen LogP contribution < -0.4 is 14.8 Å². The number of aromatic nitrogens is 1. The lowest BCUT2D eigenvalue weighted by atomic mass is 10.1. The van der Waals surface area contributed by atoms with Gasteiger partial charge in [0.1, 0.15) is 5.02 Å². The summed E-state index contributed by atoms with van der Waals surface area (Å²) in [7, 11) is 1.45. The zero-order chi connectivity index (χ0) is 18.7. The number of anilines is 1. The van der Waals surface area contributed by atoms with Crippen LogP contribution in [0.1, 0.15) is 6.92 Å². The number of rotatable bonds is 4. The summed E-state index contributed by atoms with van der Waals surface area (Å²) in [5, 5.41) is 11.4. The zero-order valence-corrected chi connectivity index (χ0v) is 16.0. The predicted molar refractivity (Wildman–Crippen MR) is 96.9 cm³/mol. The largest absolute Gasteiger partial charge is 0.512 e. The highest BCUT2D eigenvalue weighted by atomic mass is 79.9. The first-order chi connectivity index (χ1) is 11.7. The number of nitrogens with one attached hydrogen (secondary N) is 1. The zero-order valence-electron chi connectivity index (χ0n) is 12.9. The number of hydrogen-bond acceptors (Lipinski definition) is 5. The Balaban J connectivity index is 2.69. The lowest BCUT2D eigenvalue weighted by Gasteiger charge is -2.14. The van der Waals surface area contributed by atoms with Crippen molar-refractivity contribution in [2.75, 3.05) is 12.4 Å². The Kier molecular flexibility index (Phi) is 6.10. The Morgan fingerprint density at radius 2 is 1.96 bits per heavy atom. The Bertz CT molecular complexity index is 823. The second-order valence-electron chi connectivity index (χ2n) is 4.67. The van der Waals surface area contributed by atoms with Gasteiger partial charge in [-0.2, -0.15) is 0 Å². The molecule has 0 atom stereocenters. The normalized spacial score (nSPS) is 10.3. The van der Waals surface area contributed by atoms with E-state index >= 15 is 0 Å². The van der Waals surface area contributed by atoms with Gasteiger partial charge in [0.25, 0.3) is 0 Å². The predicted octanol–water partition coefficient (Wildman–Crippen LogP) is 4.84. The van der Waals surface area contributed by atoms with E-state index in [-0.39, 0.29) is 27.3 Å². The Hall–Kier alpha value is -2.03. The summed E-state index contributed by atoms with van der Waals surface area (Å²) in [6, 6.07) is 4.78. The number of carboxylic acid groups (broad SMARTS) is 1. The first-order valence-corrected chi connectivity index (χ1v) is 8.20. The van der Waals surface area contributed by atoms with E-state index in [0.717, 1.165) is 0 Å². The van der Waals surface area contributed by atoms with Gasteiger partial charge in [-0.15, -0.1) is 0 Å². The van der Waals surface area contributed by atoms with E-state index in [1.807, 2.05) is 0 Å². The lowest BCUT2D eigenvalue weighted by Crippen LogP contribution is -2.10. The molecule has 0 bridgehead atoms. The minimum absolute atomic E-state index is 0.133. The number of methoxy groups -OCH3 is 1. The second kappa shape index (κ2) is 7.90. The number of amides is 1. The topological polar surface area (TPSA) is 97.8 Å². The highest BCUT2D eigenvalue weighted by molar-refractivity contribution is 9.10. The third kappa shape index (κ3) is 4.33. The molecule has 0 aliphatic rings. The maximum absolute atomic E-state index is 11.4. The van der Waals surface area contributed by atoms with Crippen molar-refractivity contribution < 1.29 is 24.2 Å². The molecule has 1 aromatic heterocycles. The summed E-state index contributed by atoms with van der Waals surface area (Å²) in [5.74, 6) is -0.411. The summed E-state index contributed by atoms with van der Waals surface area (Å²) in [5.41, 5.74) is 0.800. The SMILES string of the molecule is COc1c(Br)ccc(-c2cc(NC(C)=O)c(Cl)c(OC(=O)O)n2)c1Cl. The third-order valence-corrected chi connectivity index (χ3v) is 4.32. The quantitative estimate of drug-likeness (QED) is 0.648. The standard InChI is InChI=1S/C15H11BrCl2N2O5/c1-6(21)19-10-5-9(20-14(12(10)18)25-15(22)23)7-3-4-8(16)13(24-2)11(7)17/h3-5H,1-2H3,(H,22,23)(H,19,20,21). The molecule has 10 heteroatoms. The van der Waals surface area contributed by atoms with E-state index < -0.39 is 12.1 Å². The van der Waals surface area contributed by atoms with Crippen LogP contribution in [0.3, 0.4) is 0 Å². The van der Waals surface area contributed by atoms with E-state index in [9.17, 15) is 9.59 Å². The van der Waals surface area contributed by atoms with Gasteiger partial charge in [0.2, 0.25) is 11.8 Å². The van der Waals surface area contributed by atoms with Crippen molar-refractivity contribution in [1.82, 2.24) is 4.98 Å². The molecular weight excluding hydrogens is 439 g/mol. The number of ether oxygens (including phenoxy) is 2. The molecule has 0 unspecified atom stereocenters. The Labute approximate surface area is 161 Å². The van der Waals surface area contributed by atoms with Crippen LogP contribution >= 0.6 is 39.1 Å². The van der Waals surface area contributed by atoms with Crippen molar-refractivity contribution in [3.63, 3.8) is 0 Å². The van der Waals surface area contributed by atoms with Crippen molar-refractivity contribution in [3.05, 3.63) is 32.7 Å². The van der Waals surface area contributed by atoms with Crippen LogP contribution in [-0.2, 0) is 4.79 Å². The lowest BCUT2D eigenvalue weighted by molar-refractivity contribution is -0.114. The minimum Gasteiger partial charge on any atom is -0.494 e. The summed E-state index contributed by atoms with van der Waals surface area (Å²) >= 11 is 15.7. The summed E-state index contributed by atoms with van der Waals surface area (Å²) in [4.78, 5) is 26.3. The highest BCUT2D eigenvalue weighted by Crippen LogP contribution is 2.42. The molecule has 7 nitrogen and oxygen atoms in total. The third-order valence-electron chi connectivity index (χ3n) is 2.95. The van der Waals surface area contributed by atoms with Crippen LogP contribution in [0.5, 0.6) is 11.6 Å². The second-order valence-corrected chi connectivity index (χ2v) is 6.28. The van der Waals surface area contributed by atoms with Gasteiger partial charge in [0.05, 0.1) is 28.0 Å². The van der Waals surface area contributed by atoms with Crippen molar-refractivity contribution in [3.8, 4) is 22.9 Å². The molecule has 0 saturated heterocycles. The van der Waals surface area contributed by atoms with E-state index in [2.05, 4.69) is 31.0 Å². The molecule has 2 N–H and O–H groups in total. The first kappa shape index (κ1) is 19.3.